The van der Waals surface area contributed by atoms with E-state index in [1.165, 1.54) is 5.56 Å². The third-order valence-corrected chi connectivity index (χ3v) is 5.71. The highest BCUT2D eigenvalue weighted by Crippen LogP contribution is 2.62. The Hall–Kier alpha value is -3.02. The molecule has 0 spiro atoms. The Kier molecular flexibility index (Phi) is 5.19. The van der Waals surface area contributed by atoms with Crippen molar-refractivity contribution in [2.24, 2.45) is 5.92 Å². The molecule has 6 nitrogen and oxygen atoms in total. The quantitative estimate of drug-likeness (QED) is 0.648. The lowest BCUT2D eigenvalue weighted by Crippen LogP contribution is -2.42. The van der Waals surface area contributed by atoms with Crippen LogP contribution in [0.5, 0.6) is 12.0 Å². The molecule has 6 heteroatoms. The molecule has 0 saturated heterocycles. The van der Waals surface area contributed by atoms with E-state index in [2.05, 4.69) is 51.1 Å². The van der Waals surface area contributed by atoms with Crippen LogP contribution in [0.4, 0.5) is 0 Å². The molecule has 1 aliphatic rings. The van der Waals surface area contributed by atoms with Gasteiger partial charge in [0.05, 0.1) is 25.6 Å². The van der Waals surface area contributed by atoms with Gasteiger partial charge in [0.2, 0.25) is 0 Å². The largest absolute Gasteiger partial charge is 0.467 e. The number of benzene rings is 1. The van der Waals surface area contributed by atoms with Crippen LogP contribution in [-0.2, 0) is 0 Å². The number of aromatic nitrogens is 4. The molecule has 0 aliphatic heterocycles. The fraction of sp³-hybridized carbons (Fsp3) is 0.364. The van der Waals surface area contributed by atoms with Crippen molar-refractivity contribution in [1.82, 2.24) is 19.9 Å². The summed E-state index contributed by atoms with van der Waals surface area (Å²) < 4.78 is 10.5. The van der Waals surface area contributed by atoms with Gasteiger partial charge in [0.25, 0.3) is 0 Å². The van der Waals surface area contributed by atoms with Crippen molar-refractivity contribution >= 4 is 0 Å². The molecular weight excluding hydrogens is 352 g/mol. The molecule has 0 bridgehead atoms. The second-order valence-electron chi connectivity index (χ2n) is 7.00. The summed E-state index contributed by atoms with van der Waals surface area (Å²) in [6, 6.07) is 15.4. The Morgan fingerprint density at radius 1 is 0.750 bits per heavy atom. The number of hydrogen-bond acceptors (Lipinski definition) is 6. The van der Waals surface area contributed by atoms with Gasteiger partial charge in [-0.05, 0) is 23.6 Å². The highest BCUT2D eigenvalue weighted by atomic mass is 16.5. The Morgan fingerprint density at radius 3 is 1.75 bits per heavy atom. The van der Waals surface area contributed by atoms with E-state index >= 15 is 0 Å². The zero-order valence-corrected chi connectivity index (χ0v) is 16.3. The molecule has 2 aromatic heterocycles. The summed E-state index contributed by atoms with van der Waals surface area (Å²) in [5.41, 5.74) is 3.33. The first-order valence-corrected chi connectivity index (χ1v) is 9.55. The number of nitrogens with zero attached hydrogens (tertiary/aromatic N) is 4. The highest BCUT2D eigenvalue weighted by Gasteiger charge is 2.52. The third-order valence-electron chi connectivity index (χ3n) is 5.71. The first kappa shape index (κ1) is 18.3. The lowest BCUT2D eigenvalue weighted by molar-refractivity contribution is 0.141. The molecule has 1 fully saturated rings. The van der Waals surface area contributed by atoms with Gasteiger partial charge < -0.3 is 9.47 Å². The van der Waals surface area contributed by atoms with Crippen LogP contribution in [0.2, 0.25) is 0 Å². The van der Waals surface area contributed by atoms with Gasteiger partial charge in [-0.1, -0.05) is 43.7 Å². The van der Waals surface area contributed by atoms with E-state index in [-0.39, 0.29) is 17.8 Å². The highest BCUT2D eigenvalue weighted by molar-refractivity contribution is 5.38. The van der Waals surface area contributed by atoms with E-state index in [9.17, 15) is 0 Å². The lowest BCUT2D eigenvalue weighted by atomic mass is 9.51. The van der Waals surface area contributed by atoms with Gasteiger partial charge in [-0.2, -0.15) is 9.97 Å². The molecule has 1 aliphatic carbocycles. The van der Waals surface area contributed by atoms with Gasteiger partial charge in [-0.3, -0.25) is 0 Å². The van der Waals surface area contributed by atoms with Gasteiger partial charge in [0.1, 0.15) is 0 Å². The maximum Gasteiger partial charge on any atom is 0.316 e. The van der Waals surface area contributed by atoms with Gasteiger partial charge >= 0.3 is 12.0 Å². The Bertz CT molecular complexity index is 879. The molecule has 2 unspecified atom stereocenters. The van der Waals surface area contributed by atoms with Crippen molar-refractivity contribution in [2.45, 2.75) is 31.1 Å². The number of hydrogen-bond donors (Lipinski definition) is 0. The van der Waals surface area contributed by atoms with E-state index in [0.29, 0.717) is 17.9 Å². The third kappa shape index (κ3) is 3.19. The summed E-state index contributed by atoms with van der Waals surface area (Å²) in [5.74, 6) is 1.22. The van der Waals surface area contributed by atoms with E-state index in [1.807, 2.05) is 18.2 Å². The number of methoxy groups -OCH3 is 2. The lowest BCUT2D eigenvalue weighted by Gasteiger charge is -2.52. The SMILES string of the molecule is CCC1C(c2ccnc(OC)n2)C(c2ccccc2)C1c1ccnc(OC)n1. The Balaban J connectivity index is 1.79. The smallest absolute Gasteiger partial charge is 0.316 e. The summed E-state index contributed by atoms with van der Waals surface area (Å²) in [7, 11) is 3.20. The van der Waals surface area contributed by atoms with Gasteiger partial charge in [-0.15, -0.1) is 0 Å². The molecule has 4 rings (SSSR count). The molecule has 2 atom stereocenters. The minimum absolute atomic E-state index is 0.269. The maximum absolute atomic E-state index is 5.27. The molecule has 3 aromatic rings. The number of rotatable bonds is 6. The summed E-state index contributed by atoms with van der Waals surface area (Å²) in [6.45, 7) is 2.22. The van der Waals surface area contributed by atoms with Crippen molar-refractivity contribution in [3.63, 3.8) is 0 Å². The predicted molar refractivity (Wildman–Crippen MR) is 106 cm³/mol. The first-order valence-electron chi connectivity index (χ1n) is 9.55. The summed E-state index contributed by atoms with van der Waals surface area (Å²) in [6.07, 6.45) is 4.57. The maximum atomic E-state index is 5.27. The normalized spacial score (nSPS) is 23.7. The van der Waals surface area contributed by atoms with E-state index in [4.69, 9.17) is 9.47 Å². The molecular formula is C22H24N4O2. The fourth-order valence-corrected chi connectivity index (χ4v) is 4.51. The molecule has 28 heavy (non-hydrogen) atoms. The van der Waals surface area contributed by atoms with Gasteiger partial charge in [0.15, 0.2) is 0 Å². The van der Waals surface area contributed by atoms with Crippen LogP contribution in [0, 0.1) is 5.92 Å². The van der Waals surface area contributed by atoms with Gasteiger partial charge in [0, 0.05) is 30.1 Å². The molecule has 0 amide bonds. The van der Waals surface area contributed by atoms with Crippen molar-refractivity contribution < 1.29 is 9.47 Å². The molecule has 1 aromatic carbocycles. The van der Waals surface area contributed by atoms with Crippen molar-refractivity contribution in [1.29, 1.82) is 0 Å². The summed E-state index contributed by atoms with van der Waals surface area (Å²) in [4.78, 5) is 17.7. The standard InChI is InChI=1S/C22H24N4O2/c1-4-15-19(16-10-12-23-21(25-16)27-2)18(14-8-6-5-7-9-14)20(15)17-11-13-24-22(26-17)28-3/h5-13,15,18-20H,4H2,1-3H3. The summed E-state index contributed by atoms with van der Waals surface area (Å²) in [5, 5.41) is 0. The van der Waals surface area contributed by atoms with Gasteiger partial charge in [-0.25, -0.2) is 9.97 Å². The van der Waals surface area contributed by atoms with Crippen LogP contribution < -0.4 is 9.47 Å². The fourth-order valence-electron chi connectivity index (χ4n) is 4.51. The minimum atomic E-state index is 0.269. The van der Waals surface area contributed by atoms with Crippen molar-refractivity contribution in [3.05, 3.63) is 71.8 Å². The van der Waals surface area contributed by atoms with E-state index < -0.39 is 0 Å². The second kappa shape index (κ2) is 7.92. The monoisotopic (exact) mass is 376 g/mol. The topological polar surface area (TPSA) is 70.0 Å². The zero-order chi connectivity index (χ0) is 19.5. The first-order chi connectivity index (χ1) is 13.8. The average Bonchev–Trinajstić information content (AvgIpc) is 2.74. The van der Waals surface area contributed by atoms with Crippen LogP contribution in [0.1, 0.15) is 48.0 Å². The minimum Gasteiger partial charge on any atom is -0.467 e. The average molecular weight is 376 g/mol. The molecule has 0 N–H and O–H groups in total. The number of ether oxygens (including phenoxy) is 2. The summed E-state index contributed by atoms with van der Waals surface area (Å²) >= 11 is 0. The molecule has 2 heterocycles. The predicted octanol–water partition coefficient (Wildman–Crippen LogP) is 3.97. The Labute approximate surface area is 165 Å². The molecule has 0 radical (unpaired) electrons. The molecule has 1 saturated carbocycles. The van der Waals surface area contributed by atoms with E-state index in [0.717, 1.165) is 17.8 Å². The van der Waals surface area contributed by atoms with Crippen LogP contribution in [0.3, 0.4) is 0 Å². The second-order valence-corrected chi connectivity index (χ2v) is 7.00. The van der Waals surface area contributed by atoms with Crippen LogP contribution in [-0.4, -0.2) is 34.2 Å². The van der Waals surface area contributed by atoms with E-state index in [1.54, 1.807) is 26.6 Å². The molecule has 144 valence electrons. The van der Waals surface area contributed by atoms with Crippen LogP contribution >= 0.6 is 0 Å². The van der Waals surface area contributed by atoms with Crippen LogP contribution in [0.25, 0.3) is 0 Å². The van der Waals surface area contributed by atoms with Crippen molar-refractivity contribution in [3.8, 4) is 12.0 Å². The zero-order valence-electron chi connectivity index (χ0n) is 16.3. The van der Waals surface area contributed by atoms with Crippen LogP contribution in [0.15, 0.2) is 54.9 Å². The Morgan fingerprint density at radius 2 is 1.29 bits per heavy atom. The van der Waals surface area contributed by atoms with Crippen molar-refractivity contribution in [2.75, 3.05) is 14.2 Å².